The van der Waals surface area contributed by atoms with Gasteiger partial charge in [0.2, 0.25) is 0 Å². The molecule has 19 heavy (non-hydrogen) atoms. The summed E-state index contributed by atoms with van der Waals surface area (Å²) >= 11 is 12.4. The van der Waals surface area contributed by atoms with E-state index in [1.165, 1.54) is 11.1 Å². The maximum Gasteiger partial charge on any atom is 0.329 e. The molecule has 104 valence electrons. The van der Waals surface area contributed by atoms with Gasteiger partial charge in [-0.15, -0.1) is 23.2 Å². The SMILES string of the molecule is C=C1CC[C@H]2C(=C)CC[C@@H]3[C@H](OC(=O)[C@@]3(Cl)CCl)[C@@H]12. The number of hydrogen-bond donors (Lipinski definition) is 0. The minimum Gasteiger partial charge on any atom is -0.460 e. The summed E-state index contributed by atoms with van der Waals surface area (Å²) in [6.45, 7) is 8.38. The average Bonchev–Trinajstić information content (AvgIpc) is 2.83. The molecule has 2 nitrogen and oxygen atoms in total. The van der Waals surface area contributed by atoms with E-state index in [1.54, 1.807) is 0 Å². The number of ether oxygens (including phenoxy) is 1. The number of alkyl halides is 2. The van der Waals surface area contributed by atoms with Gasteiger partial charge in [-0.25, -0.2) is 0 Å². The summed E-state index contributed by atoms with van der Waals surface area (Å²) in [6, 6.07) is 0. The summed E-state index contributed by atoms with van der Waals surface area (Å²) in [4.78, 5) is 11.0. The summed E-state index contributed by atoms with van der Waals surface area (Å²) in [5, 5.41) is 0. The summed E-state index contributed by atoms with van der Waals surface area (Å²) in [5.74, 6) is 0.300. The van der Waals surface area contributed by atoms with E-state index in [2.05, 4.69) is 13.2 Å². The van der Waals surface area contributed by atoms with Crippen molar-refractivity contribution in [1.29, 1.82) is 0 Å². The summed E-state index contributed by atoms with van der Waals surface area (Å²) in [7, 11) is 0. The van der Waals surface area contributed by atoms with Gasteiger partial charge in [-0.2, -0.15) is 0 Å². The van der Waals surface area contributed by atoms with Crippen molar-refractivity contribution in [3.8, 4) is 0 Å². The smallest absolute Gasteiger partial charge is 0.329 e. The average molecular weight is 301 g/mol. The van der Waals surface area contributed by atoms with E-state index in [9.17, 15) is 4.79 Å². The lowest BCUT2D eigenvalue weighted by Gasteiger charge is -2.28. The molecule has 1 aliphatic heterocycles. The number of allylic oxidation sites excluding steroid dienone is 1. The fourth-order valence-corrected chi connectivity index (χ4v) is 4.59. The fraction of sp³-hybridized carbons (Fsp3) is 0.667. The zero-order valence-electron chi connectivity index (χ0n) is 10.8. The molecule has 0 aromatic carbocycles. The zero-order valence-corrected chi connectivity index (χ0v) is 12.3. The Hall–Kier alpha value is -0.470. The predicted molar refractivity (Wildman–Crippen MR) is 76.4 cm³/mol. The number of hydrogen-bond acceptors (Lipinski definition) is 2. The first-order valence-corrected chi connectivity index (χ1v) is 7.71. The Bertz CT molecular complexity index is 459. The molecule has 3 fully saturated rings. The molecule has 0 bridgehead atoms. The molecule has 2 aliphatic carbocycles. The third kappa shape index (κ3) is 1.80. The number of carbonyl (C=O) groups excluding carboxylic acids is 1. The van der Waals surface area contributed by atoms with Crippen molar-refractivity contribution < 1.29 is 9.53 Å². The monoisotopic (exact) mass is 300 g/mol. The van der Waals surface area contributed by atoms with Gasteiger partial charge in [-0.1, -0.05) is 24.3 Å². The Kier molecular flexibility index (Phi) is 3.22. The van der Waals surface area contributed by atoms with Crippen molar-refractivity contribution in [3.63, 3.8) is 0 Å². The molecule has 0 aromatic rings. The molecule has 1 saturated heterocycles. The van der Waals surface area contributed by atoms with Crippen molar-refractivity contribution >= 4 is 29.2 Å². The van der Waals surface area contributed by atoms with Crippen molar-refractivity contribution in [2.24, 2.45) is 17.8 Å². The Morgan fingerprint density at radius 2 is 1.95 bits per heavy atom. The topological polar surface area (TPSA) is 26.3 Å². The third-order valence-electron chi connectivity index (χ3n) is 5.10. The Morgan fingerprint density at radius 3 is 2.63 bits per heavy atom. The van der Waals surface area contributed by atoms with E-state index < -0.39 is 4.87 Å². The quantitative estimate of drug-likeness (QED) is 0.419. The van der Waals surface area contributed by atoms with Gasteiger partial charge < -0.3 is 4.74 Å². The molecule has 5 atom stereocenters. The molecular weight excluding hydrogens is 283 g/mol. The first-order valence-electron chi connectivity index (χ1n) is 6.80. The fourth-order valence-electron chi connectivity index (χ4n) is 4.00. The molecule has 3 rings (SSSR count). The number of esters is 1. The second-order valence-corrected chi connectivity index (χ2v) is 6.94. The van der Waals surface area contributed by atoms with Crippen LogP contribution in [0.3, 0.4) is 0 Å². The number of rotatable bonds is 1. The molecular formula is C15H18Cl2O2. The second-order valence-electron chi connectivity index (χ2n) is 6.00. The largest absolute Gasteiger partial charge is 0.460 e. The van der Waals surface area contributed by atoms with Crippen LogP contribution in [0.2, 0.25) is 0 Å². The predicted octanol–water partition coefficient (Wildman–Crippen LogP) is 3.68. The van der Waals surface area contributed by atoms with Crippen molar-refractivity contribution in [2.45, 2.75) is 36.7 Å². The lowest BCUT2D eigenvalue weighted by Crippen LogP contribution is -2.39. The number of fused-ring (bicyclic) bond motifs is 3. The summed E-state index contributed by atoms with van der Waals surface area (Å²) in [5.41, 5.74) is 2.43. The van der Waals surface area contributed by atoms with E-state index in [-0.39, 0.29) is 29.8 Å². The molecule has 4 heteroatoms. The van der Waals surface area contributed by atoms with Gasteiger partial charge in [0.25, 0.3) is 0 Å². The van der Waals surface area contributed by atoms with Gasteiger partial charge in [0.05, 0.1) is 5.88 Å². The van der Waals surface area contributed by atoms with Gasteiger partial charge in [0.15, 0.2) is 4.87 Å². The highest BCUT2D eigenvalue weighted by Gasteiger charge is 2.60. The van der Waals surface area contributed by atoms with E-state index in [0.717, 1.165) is 25.7 Å². The first-order chi connectivity index (χ1) is 8.99. The van der Waals surface area contributed by atoms with Crippen molar-refractivity contribution in [1.82, 2.24) is 0 Å². The van der Waals surface area contributed by atoms with E-state index in [4.69, 9.17) is 27.9 Å². The van der Waals surface area contributed by atoms with Gasteiger partial charge in [-0.3, -0.25) is 4.79 Å². The Labute approximate surface area is 123 Å². The maximum atomic E-state index is 12.1. The van der Waals surface area contributed by atoms with Crippen LogP contribution in [-0.4, -0.2) is 22.8 Å². The van der Waals surface area contributed by atoms with E-state index in [1.807, 2.05) is 0 Å². The van der Waals surface area contributed by atoms with E-state index in [0.29, 0.717) is 5.92 Å². The molecule has 0 spiro atoms. The van der Waals surface area contributed by atoms with Gasteiger partial charge in [0.1, 0.15) is 6.10 Å². The number of halogens is 2. The number of carbonyl (C=O) groups is 1. The highest BCUT2D eigenvalue weighted by atomic mass is 35.5. The molecule has 0 aromatic heterocycles. The summed E-state index contributed by atoms with van der Waals surface area (Å²) < 4.78 is 5.63. The van der Waals surface area contributed by atoms with Crippen LogP contribution in [-0.2, 0) is 9.53 Å². The first kappa shape index (κ1) is 13.5. The lowest BCUT2D eigenvalue weighted by molar-refractivity contribution is -0.144. The Balaban J connectivity index is 2.01. The van der Waals surface area contributed by atoms with E-state index >= 15 is 0 Å². The van der Waals surface area contributed by atoms with Gasteiger partial charge in [-0.05, 0) is 31.6 Å². The molecule has 2 saturated carbocycles. The van der Waals surface area contributed by atoms with Crippen LogP contribution in [0, 0.1) is 17.8 Å². The van der Waals surface area contributed by atoms with Crippen molar-refractivity contribution in [2.75, 3.05) is 5.88 Å². The summed E-state index contributed by atoms with van der Waals surface area (Å²) in [6.07, 6.45) is 3.62. The van der Waals surface area contributed by atoms with Crippen LogP contribution in [0.15, 0.2) is 24.3 Å². The van der Waals surface area contributed by atoms with Gasteiger partial charge >= 0.3 is 5.97 Å². The minimum atomic E-state index is -1.07. The third-order valence-corrected chi connectivity index (χ3v) is 6.22. The van der Waals surface area contributed by atoms with Crippen LogP contribution in [0.4, 0.5) is 0 Å². The molecule has 1 heterocycles. The van der Waals surface area contributed by atoms with Gasteiger partial charge in [0, 0.05) is 11.8 Å². The molecule has 0 amide bonds. The second kappa shape index (κ2) is 4.53. The van der Waals surface area contributed by atoms with Crippen LogP contribution >= 0.6 is 23.2 Å². The molecule has 0 radical (unpaired) electrons. The molecule has 0 unspecified atom stereocenters. The van der Waals surface area contributed by atoms with Crippen LogP contribution in [0.5, 0.6) is 0 Å². The maximum absolute atomic E-state index is 12.1. The Morgan fingerprint density at radius 1 is 1.26 bits per heavy atom. The van der Waals surface area contributed by atoms with Crippen LogP contribution in [0.25, 0.3) is 0 Å². The molecule has 3 aliphatic rings. The standard InChI is InChI=1S/C15H18Cl2O2/c1-8-4-6-11-13(12-9(2)3-5-10(8)12)19-14(18)15(11,17)7-16/h10-13H,1-7H2/t10-,11+,12-,13-,15+/m0/s1. The zero-order chi connectivity index (χ0) is 13.8. The van der Waals surface area contributed by atoms with Crippen molar-refractivity contribution in [3.05, 3.63) is 24.3 Å². The minimum absolute atomic E-state index is 0.0271. The highest BCUT2D eigenvalue weighted by Crippen LogP contribution is 2.54. The highest BCUT2D eigenvalue weighted by molar-refractivity contribution is 6.39. The normalized spacial score (nSPS) is 45.7. The molecule has 0 N–H and O–H groups in total. The van der Waals surface area contributed by atoms with Crippen LogP contribution in [0.1, 0.15) is 25.7 Å². The van der Waals surface area contributed by atoms with Crippen LogP contribution < -0.4 is 0 Å². The lowest BCUT2D eigenvalue weighted by atomic mass is 9.80.